The highest BCUT2D eigenvalue weighted by Crippen LogP contribution is 2.37. The molecule has 3 heterocycles. The molecule has 6 heteroatoms. The molecule has 0 spiro atoms. The van der Waals surface area contributed by atoms with Gasteiger partial charge in [-0.3, -0.25) is 0 Å². The van der Waals surface area contributed by atoms with Gasteiger partial charge in [-0.05, 0) is 41.8 Å². The zero-order chi connectivity index (χ0) is 22.2. The number of pyridine rings is 1. The zero-order valence-corrected chi connectivity index (χ0v) is 18.6. The first kappa shape index (κ1) is 20.3. The Labute approximate surface area is 191 Å². The predicted molar refractivity (Wildman–Crippen MR) is 126 cm³/mol. The van der Waals surface area contributed by atoms with Gasteiger partial charge in [-0.25, -0.2) is 9.97 Å². The summed E-state index contributed by atoms with van der Waals surface area (Å²) < 4.78 is 8.22. The third-order valence-corrected chi connectivity index (χ3v) is 6.04. The van der Waals surface area contributed by atoms with Crippen LogP contribution < -0.4 is 4.74 Å². The topological polar surface area (TPSA) is 63.7 Å². The van der Waals surface area contributed by atoms with E-state index < -0.39 is 0 Å². The average molecular weight is 441 g/mol. The van der Waals surface area contributed by atoms with Crippen LogP contribution in [0.5, 0.6) is 5.75 Å². The van der Waals surface area contributed by atoms with Gasteiger partial charge in [0.15, 0.2) is 5.65 Å². The molecule has 158 valence electrons. The number of halogens is 1. The summed E-state index contributed by atoms with van der Waals surface area (Å²) in [5.74, 6) is 1.73. The third kappa shape index (κ3) is 3.43. The largest absolute Gasteiger partial charge is 0.488 e. The number of para-hydroxylation sites is 1. The first-order valence-electron chi connectivity index (χ1n) is 10.6. The Hall–Kier alpha value is -3.62. The Kier molecular flexibility index (Phi) is 5.16. The van der Waals surface area contributed by atoms with Crippen molar-refractivity contribution in [3.63, 3.8) is 0 Å². The molecule has 0 atom stereocenters. The number of benzene rings is 2. The van der Waals surface area contributed by atoms with Gasteiger partial charge < -0.3 is 9.30 Å². The van der Waals surface area contributed by atoms with Crippen LogP contribution in [-0.2, 0) is 19.6 Å². The number of nitriles is 1. The van der Waals surface area contributed by atoms with Gasteiger partial charge in [0.25, 0.3) is 0 Å². The molecule has 0 saturated carbocycles. The molecule has 2 aromatic carbocycles. The predicted octanol–water partition coefficient (Wildman–Crippen LogP) is 5.85. The van der Waals surface area contributed by atoms with E-state index in [0.717, 1.165) is 62.7 Å². The van der Waals surface area contributed by atoms with Crippen molar-refractivity contribution in [2.45, 2.75) is 33.4 Å². The van der Waals surface area contributed by atoms with Crippen LogP contribution in [-0.4, -0.2) is 14.5 Å². The SMILES string of the molecule is CCc1nc2c(Cl)cc(C)nc2n1Cc1ccc2c(c1)COc1ccccc1C2=CC#N. The van der Waals surface area contributed by atoms with Crippen LogP contribution in [0.25, 0.3) is 16.7 Å². The second kappa shape index (κ2) is 8.14. The first-order valence-corrected chi connectivity index (χ1v) is 10.9. The maximum atomic E-state index is 9.40. The van der Waals surface area contributed by atoms with Crippen molar-refractivity contribution in [1.29, 1.82) is 5.26 Å². The highest BCUT2D eigenvalue weighted by Gasteiger charge is 2.20. The molecule has 2 aromatic heterocycles. The van der Waals surface area contributed by atoms with E-state index in [2.05, 4.69) is 35.8 Å². The van der Waals surface area contributed by atoms with Crippen LogP contribution >= 0.6 is 11.6 Å². The maximum absolute atomic E-state index is 9.40. The molecule has 5 nitrogen and oxygen atoms in total. The standard InChI is InChI=1S/C26H21ClN4O/c1-3-24-30-25-22(27)12-16(2)29-26(25)31(24)14-17-8-9-19-18(13-17)15-32-23-7-5-4-6-21(23)20(19)10-11-28/h4-10,12-13H,3,14-15H2,1-2H3. The molecule has 0 N–H and O–H groups in total. The Morgan fingerprint density at radius 1 is 1.16 bits per heavy atom. The summed E-state index contributed by atoms with van der Waals surface area (Å²) in [7, 11) is 0. The highest BCUT2D eigenvalue weighted by molar-refractivity contribution is 6.34. The van der Waals surface area contributed by atoms with Crippen molar-refractivity contribution in [3.8, 4) is 11.8 Å². The second-order valence-corrected chi connectivity index (χ2v) is 8.26. The van der Waals surface area contributed by atoms with Gasteiger partial charge in [0.05, 0.1) is 17.6 Å². The summed E-state index contributed by atoms with van der Waals surface area (Å²) in [4.78, 5) is 9.45. The molecule has 0 saturated heterocycles. The number of hydrogen-bond acceptors (Lipinski definition) is 4. The molecule has 0 fully saturated rings. The highest BCUT2D eigenvalue weighted by atomic mass is 35.5. The number of hydrogen-bond donors (Lipinski definition) is 0. The first-order chi connectivity index (χ1) is 15.6. The fourth-order valence-electron chi connectivity index (χ4n) is 4.30. The summed E-state index contributed by atoms with van der Waals surface area (Å²) in [5.41, 5.74) is 7.40. The molecular formula is C26H21ClN4O. The number of rotatable bonds is 3. The van der Waals surface area contributed by atoms with E-state index in [1.807, 2.05) is 37.3 Å². The van der Waals surface area contributed by atoms with Gasteiger partial charge in [-0.15, -0.1) is 0 Å². The van der Waals surface area contributed by atoms with Gasteiger partial charge in [0, 0.05) is 29.3 Å². The summed E-state index contributed by atoms with van der Waals surface area (Å²) in [6, 6.07) is 18.2. The van der Waals surface area contributed by atoms with Crippen LogP contribution in [0.3, 0.4) is 0 Å². The van der Waals surface area contributed by atoms with Crippen LogP contribution in [0, 0.1) is 18.3 Å². The lowest BCUT2D eigenvalue weighted by Crippen LogP contribution is -2.07. The Morgan fingerprint density at radius 2 is 2.00 bits per heavy atom. The number of aromatic nitrogens is 3. The second-order valence-electron chi connectivity index (χ2n) is 7.85. The number of allylic oxidation sites excluding steroid dienone is 1. The molecule has 5 rings (SSSR count). The fourth-order valence-corrected chi connectivity index (χ4v) is 4.58. The number of ether oxygens (including phenoxy) is 1. The Balaban J connectivity index is 1.59. The lowest BCUT2D eigenvalue weighted by Gasteiger charge is -2.13. The van der Waals surface area contributed by atoms with E-state index in [1.165, 1.54) is 0 Å². The van der Waals surface area contributed by atoms with Gasteiger partial charge >= 0.3 is 0 Å². The number of aryl methyl sites for hydroxylation is 2. The van der Waals surface area contributed by atoms with E-state index in [1.54, 1.807) is 6.08 Å². The van der Waals surface area contributed by atoms with Crippen molar-refractivity contribution in [3.05, 3.63) is 93.4 Å². The van der Waals surface area contributed by atoms with E-state index in [4.69, 9.17) is 26.3 Å². The van der Waals surface area contributed by atoms with E-state index in [-0.39, 0.29) is 0 Å². The fraction of sp³-hybridized carbons (Fsp3) is 0.192. The van der Waals surface area contributed by atoms with Gasteiger partial charge in [0.2, 0.25) is 0 Å². The van der Waals surface area contributed by atoms with Gasteiger partial charge in [0.1, 0.15) is 23.7 Å². The quantitative estimate of drug-likeness (QED) is 0.375. The van der Waals surface area contributed by atoms with Gasteiger partial charge in [-0.1, -0.05) is 48.9 Å². The summed E-state index contributed by atoms with van der Waals surface area (Å²) in [5, 5.41) is 10.0. The Morgan fingerprint density at radius 3 is 2.81 bits per heavy atom. The smallest absolute Gasteiger partial charge is 0.162 e. The minimum absolute atomic E-state index is 0.442. The molecule has 0 unspecified atom stereocenters. The number of imidazole rings is 1. The lowest BCUT2D eigenvalue weighted by molar-refractivity contribution is 0.307. The van der Waals surface area contributed by atoms with Crippen LogP contribution in [0.1, 0.15) is 40.7 Å². The molecule has 0 aliphatic carbocycles. The summed E-state index contributed by atoms with van der Waals surface area (Å²) in [6.07, 6.45) is 2.38. The molecule has 0 bridgehead atoms. The average Bonchev–Trinajstić information content (AvgIpc) is 3.06. The molecule has 0 radical (unpaired) electrons. The minimum Gasteiger partial charge on any atom is -0.488 e. The van der Waals surface area contributed by atoms with Gasteiger partial charge in [-0.2, -0.15) is 5.26 Å². The normalized spacial score (nSPS) is 13.9. The molecule has 4 aromatic rings. The Bertz CT molecular complexity index is 1430. The maximum Gasteiger partial charge on any atom is 0.162 e. The van der Waals surface area contributed by atoms with Crippen LogP contribution in [0.15, 0.2) is 54.6 Å². The molecule has 32 heavy (non-hydrogen) atoms. The number of fused-ring (bicyclic) bond motifs is 3. The minimum atomic E-state index is 0.442. The summed E-state index contributed by atoms with van der Waals surface area (Å²) >= 11 is 6.45. The van der Waals surface area contributed by atoms with E-state index in [0.29, 0.717) is 18.2 Å². The zero-order valence-electron chi connectivity index (χ0n) is 17.9. The monoisotopic (exact) mass is 440 g/mol. The number of nitrogens with zero attached hydrogens (tertiary/aromatic N) is 4. The molecular weight excluding hydrogens is 420 g/mol. The van der Waals surface area contributed by atoms with Crippen molar-refractivity contribution in [1.82, 2.24) is 14.5 Å². The van der Waals surface area contributed by atoms with Crippen LogP contribution in [0.4, 0.5) is 0 Å². The molecule has 1 aliphatic rings. The van der Waals surface area contributed by atoms with Crippen molar-refractivity contribution < 1.29 is 4.74 Å². The van der Waals surface area contributed by atoms with E-state index >= 15 is 0 Å². The van der Waals surface area contributed by atoms with Crippen LogP contribution in [0.2, 0.25) is 5.02 Å². The van der Waals surface area contributed by atoms with Crippen molar-refractivity contribution >= 4 is 28.3 Å². The third-order valence-electron chi connectivity index (χ3n) is 5.75. The van der Waals surface area contributed by atoms with Crippen molar-refractivity contribution in [2.24, 2.45) is 0 Å². The van der Waals surface area contributed by atoms with E-state index in [9.17, 15) is 5.26 Å². The lowest BCUT2D eigenvalue weighted by atomic mass is 9.93. The molecule has 0 amide bonds. The summed E-state index contributed by atoms with van der Waals surface area (Å²) in [6.45, 7) is 5.09. The van der Waals surface area contributed by atoms with Crippen molar-refractivity contribution in [2.75, 3.05) is 0 Å². The molecule has 1 aliphatic heterocycles.